The molecule has 0 saturated heterocycles. The number of rotatable bonds is 5. The molecule has 2 atom stereocenters. The number of carboxylic acids is 2. The molecule has 0 spiro atoms. The van der Waals surface area contributed by atoms with E-state index in [1.807, 2.05) is 0 Å². The van der Waals surface area contributed by atoms with Crippen molar-refractivity contribution in [2.45, 2.75) is 12.2 Å². The van der Waals surface area contributed by atoms with Crippen molar-refractivity contribution < 1.29 is 34.8 Å². The van der Waals surface area contributed by atoms with E-state index in [9.17, 15) is 14.4 Å². The van der Waals surface area contributed by atoms with Gasteiger partial charge in [0.25, 0.3) is 0 Å². The second-order valence-corrected chi connectivity index (χ2v) is 4.37. The van der Waals surface area contributed by atoms with Gasteiger partial charge in [-0.3, -0.25) is 14.8 Å². The number of aliphatic hydroxyl groups is 2. The van der Waals surface area contributed by atoms with Crippen molar-refractivity contribution in [3.8, 4) is 0 Å². The fourth-order valence-corrected chi connectivity index (χ4v) is 1.44. The molecule has 0 radical (unpaired) electrons. The average Bonchev–Trinajstić information content (AvgIpc) is 2.61. The Balaban J connectivity index is 0.000000257. The number of carbonyl (C=O) groups is 3. The number of aliphatic carboxylic acids is 2. The van der Waals surface area contributed by atoms with E-state index in [0.717, 1.165) is 0 Å². The number of carbonyl (C=O) groups excluding carboxylic acids is 1. The first-order valence-corrected chi connectivity index (χ1v) is 6.51. The Hall–Kier alpha value is -3.17. The van der Waals surface area contributed by atoms with Gasteiger partial charge in [-0.2, -0.15) is 0 Å². The summed E-state index contributed by atoms with van der Waals surface area (Å²) >= 11 is 0. The maximum atomic E-state index is 11.8. The summed E-state index contributed by atoms with van der Waals surface area (Å²) in [5, 5.41) is 32.5. The van der Waals surface area contributed by atoms with Crippen LogP contribution >= 0.6 is 0 Å². The maximum absolute atomic E-state index is 11.8. The SMILES string of the molecule is O=C(O)C(O)C(O)C(=O)O.O=C(c1ccncc1)c1ccncc1. The molecule has 9 heteroatoms. The molecule has 4 N–H and O–H groups in total. The molecule has 9 nitrogen and oxygen atoms in total. The number of ketones is 1. The molecule has 0 fully saturated rings. The van der Waals surface area contributed by atoms with Crippen LogP contribution in [0.5, 0.6) is 0 Å². The topological polar surface area (TPSA) is 158 Å². The Morgan fingerprint density at radius 2 is 1.00 bits per heavy atom. The summed E-state index contributed by atoms with van der Waals surface area (Å²) in [5.41, 5.74) is 1.29. The highest BCUT2D eigenvalue weighted by Crippen LogP contribution is 2.06. The Labute approximate surface area is 135 Å². The first kappa shape index (κ1) is 18.9. The van der Waals surface area contributed by atoms with Gasteiger partial charge in [0.2, 0.25) is 0 Å². The average molecular weight is 334 g/mol. The number of hydrogen-bond donors (Lipinski definition) is 4. The fraction of sp³-hybridized carbons (Fsp3) is 0.133. The standard InChI is InChI=1S/C11H8N2O.C4H6O6/c14-11(9-1-5-12-6-2-9)10-3-7-13-8-4-10;5-1(3(7)8)2(6)4(9)10/h1-8H;1-2,5-6H,(H,7,8)(H,9,10). The Bertz CT molecular complexity index is 632. The minimum Gasteiger partial charge on any atom is -0.479 e. The zero-order valence-electron chi connectivity index (χ0n) is 12.2. The van der Waals surface area contributed by atoms with Crippen molar-refractivity contribution in [3.05, 3.63) is 60.2 Å². The molecule has 0 aromatic carbocycles. The molecular formula is C15H14N2O7. The lowest BCUT2D eigenvalue weighted by atomic mass is 10.1. The number of aromatic nitrogens is 2. The second-order valence-electron chi connectivity index (χ2n) is 4.37. The maximum Gasteiger partial charge on any atom is 0.335 e. The van der Waals surface area contributed by atoms with Crippen molar-refractivity contribution >= 4 is 17.7 Å². The van der Waals surface area contributed by atoms with Gasteiger partial charge in [0.1, 0.15) is 0 Å². The number of carboxylic acid groups (broad SMARTS) is 2. The first-order chi connectivity index (χ1) is 11.3. The summed E-state index contributed by atoms with van der Waals surface area (Å²) in [6.07, 6.45) is 1.89. The molecule has 2 unspecified atom stereocenters. The molecule has 126 valence electrons. The minimum atomic E-state index is -2.27. The molecule has 0 bridgehead atoms. The predicted molar refractivity (Wildman–Crippen MR) is 79.2 cm³/mol. The van der Waals surface area contributed by atoms with Gasteiger partial charge in [0.15, 0.2) is 18.0 Å². The van der Waals surface area contributed by atoms with Gasteiger partial charge in [-0.25, -0.2) is 9.59 Å². The number of pyridine rings is 2. The van der Waals surface area contributed by atoms with Gasteiger partial charge >= 0.3 is 11.9 Å². The van der Waals surface area contributed by atoms with E-state index in [2.05, 4.69) is 9.97 Å². The van der Waals surface area contributed by atoms with Crippen LogP contribution in [-0.2, 0) is 9.59 Å². The van der Waals surface area contributed by atoms with Crippen molar-refractivity contribution in [1.82, 2.24) is 9.97 Å². The first-order valence-electron chi connectivity index (χ1n) is 6.51. The normalized spacial score (nSPS) is 12.2. The molecule has 0 aliphatic rings. The van der Waals surface area contributed by atoms with Crippen molar-refractivity contribution in [2.24, 2.45) is 0 Å². The van der Waals surface area contributed by atoms with Gasteiger partial charge in [-0.05, 0) is 24.3 Å². The molecule has 0 saturated carbocycles. The fourth-order valence-electron chi connectivity index (χ4n) is 1.44. The molecule has 2 rings (SSSR count). The Morgan fingerprint density at radius 3 is 1.25 bits per heavy atom. The van der Waals surface area contributed by atoms with Gasteiger partial charge < -0.3 is 20.4 Å². The van der Waals surface area contributed by atoms with Gasteiger partial charge in [0, 0.05) is 35.9 Å². The van der Waals surface area contributed by atoms with Gasteiger partial charge in [-0.15, -0.1) is 0 Å². The molecule has 24 heavy (non-hydrogen) atoms. The van der Waals surface area contributed by atoms with E-state index in [-0.39, 0.29) is 5.78 Å². The molecule has 0 amide bonds. The minimum absolute atomic E-state index is 0.00481. The Morgan fingerprint density at radius 1 is 0.708 bits per heavy atom. The van der Waals surface area contributed by atoms with Crippen LogP contribution in [0.3, 0.4) is 0 Å². The molecule has 2 aromatic rings. The molecule has 2 heterocycles. The lowest BCUT2D eigenvalue weighted by Gasteiger charge is -2.07. The summed E-state index contributed by atoms with van der Waals surface area (Å²) in [5.74, 6) is -3.54. The van der Waals surface area contributed by atoms with Crippen LogP contribution in [0.2, 0.25) is 0 Å². The summed E-state index contributed by atoms with van der Waals surface area (Å²) in [6, 6.07) is 6.79. The highest BCUT2D eigenvalue weighted by molar-refractivity contribution is 6.08. The third-order valence-corrected chi connectivity index (χ3v) is 2.69. The van der Waals surface area contributed by atoms with Crippen LogP contribution in [0.15, 0.2) is 49.1 Å². The lowest BCUT2D eigenvalue weighted by Crippen LogP contribution is -2.39. The van der Waals surface area contributed by atoms with Crippen molar-refractivity contribution in [3.63, 3.8) is 0 Å². The Kier molecular flexibility index (Phi) is 7.14. The lowest BCUT2D eigenvalue weighted by molar-refractivity contribution is -0.165. The zero-order valence-corrected chi connectivity index (χ0v) is 12.2. The summed E-state index contributed by atoms with van der Waals surface area (Å²) in [7, 11) is 0. The van der Waals surface area contributed by atoms with E-state index in [1.165, 1.54) is 0 Å². The second kappa shape index (κ2) is 9.08. The van der Waals surface area contributed by atoms with Gasteiger partial charge in [-0.1, -0.05) is 0 Å². The third-order valence-electron chi connectivity index (χ3n) is 2.69. The highest BCUT2D eigenvalue weighted by Gasteiger charge is 2.29. The predicted octanol–water partition coefficient (Wildman–Crippen LogP) is -0.415. The third kappa shape index (κ3) is 5.55. The summed E-state index contributed by atoms with van der Waals surface area (Å²) < 4.78 is 0. The molecule has 0 aliphatic carbocycles. The monoisotopic (exact) mass is 334 g/mol. The number of hydrogen-bond acceptors (Lipinski definition) is 7. The number of aliphatic hydroxyl groups excluding tert-OH is 2. The summed E-state index contributed by atoms with van der Waals surface area (Å²) in [6.45, 7) is 0. The van der Waals surface area contributed by atoms with Crippen molar-refractivity contribution in [1.29, 1.82) is 0 Å². The van der Waals surface area contributed by atoms with Crippen LogP contribution in [0.4, 0.5) is 0 Å². The highest BCUT2D eigenvalue weighted by atomic mass is 16.4. The van der Waals surface area contributed by atoms with E-state index in [1.54, 1.807) is 49.1 Å². The van der Waals surface area contributed by atoms with Crippen molar-refractivity contribution in [2.75, 3.05) is 0 Å². The van der Waals surface area contributed by atoms with E-state index in [0.29, 0.717) is 11.1 Å². The van der Waals surface area contributed by atoms with Crippen LogP contribution < -0.4 is 0 Å². The molecule has 2 aromatic heterocycles. The van der Waals surface area contributed by atoms with E-state index < -0.39 is 24.1 Å². The van der Waals surface area contributed by atoms with Crippen LogP contribution in [0.25, 0.3) is 0 Å². The van der Waals surface area contributed by atoms with E-state index >= 15 is 0 Å². The van der Waals surface area contributed by atoms with Crippen LogP contribution in [-0.4, -0.2) is 60.3 Å². The largest absolute Gasteiger partial charge is 0.479 e. The van der Waals surface area contributed by atoms with Crippen LogP contribution in [0.1, 0.15) is 15.9 Å². The van der Waals surface area contributed by atoms with Crippen LogP contribution in [0, 0.1) is 0 Å². The molecule has 0 aliphatic heterocycles. The smallest absolute Gasteiger partial charge is 0.335 e. The van der Waals surface area contributed by atoms with E-state index in [4.69, 9.17) is 20.4 Å². The quantitative estimate of drug-likeness (QED) is 0.533. The van der Waals surface area contributed by atoms with Gasteiger partial charge in [0.05, 0.1) is 0 Å². The zero-order chi connectivity index (χ0) is 18.1. The number of nitrogens with zero attached hydrogens (tertiary/aromatic N) is 2. The summed E-state index contributed by atoms with van der Waals surface area (Å²) in [4.78, 5) is 39.0. The molecular weight excluding hydrogens is 320 g/mol.